The van der Waals surface area contributed by atoms with E-state index in [2.05, 4.69) is 17.2 Å². The molecule has 0 aliphatic carbocycles. The van der Waals surface area contributed by atoms with Gasteiger partial charge in [-0.25, -0.2) is 4.98 Å². The summed E-state index contributed by atoms with van der Waals surface area (Å²) < 4.78 is 1.92. The monoisotopic (exact) mass is 425 g/mol. The Labute approximate surface area is 189 Å². The van der Waals surface area contributed by atoms with Gasteiger partial charge in [0, 0.05) is 18.8 Å². The highest BCUT2D eigenvalue weighted by Crippen LogP contribution is 2.20. The van der Waals surface area contributed by atoms with Crippen LogP contribution in [0, 0.1) is 0 Å². The number of amides is 1. The van der Waals surface area contributed by atoms with Gasteiger partial charge in [-0.15, -0.1) is 0 Å². The van der Waals surface area contributed by atoms with Crippen LogP contribution < -0.4 is 5.32 Å². The lowest BCUT2D eigenvalue weighted by Gasteiger charge is -2.11. The number of carbonyl (C=O) groups is 1. The third kappa shape index (κ3) is 11.2. The number of para-hydroxylation sites is 2. The molecular formula is C27H43N3O. The Bertz CT molecular complexity index is 696. The Kier molecular flexibility index (Phi) is 13.5. The van der Waals surface area contributed by atoms with E-state index in [9.17, 15) is 4.79 Å². The molecule has 4 heteroatoms. The summed E-state index contributed by atoms with van der Waals surface area (Å²) in [5.41, 5.74) is 1.79. The van der Waals surface area contributed by atoms with Crippen LogP contribution in [0.4, 0.5) is 5.69 Å². The molecule has 0 unspecified atom stereocenters. The molecule has 0 aliphatic rings. The number of benzene rings is 1. The molecule has 0 saturated heterocycles. The van der Waals surface area contributed by atoms with Crippen molar-refractivity contribution in [3.8, 4) is 5.69 Å². The SMILES string of the molecule is CCCCCCCCCCCCCCCCCC(=O)Nc1ccccc1-n1ccnc1. The average Bonchev–Trinajstić information content (AvgIpc) is 3.31. The van der Waals surface area contributed by atoms with Crippen LogP contribution in [0.1, 0.15) is 110 Å². The first-order chi connectivity index (χ1) is 15.3. The topological polar surface area (TPSA) is 46.9 Å². The molecule has 1 amide bonds. The number of nitrogens with one attached hydrogen (secondary N) is 1. The minimum absolute atomic E-state index is 0.0993. The maximum Gasteiger partial charge on any atom is 0.224 e. The molecule has 0 bridgehead atoms. The Morgan fingerprint density at radius 1 is 0.806 bits per heavy atom. The summed E-state index contributed by atoms with van der Waals surface area (Å²) in [6.07, 6.45) is 26.1. The lowest BCUT2D eigenvalue weighted by atomic mass is 10.0. The van der Waals surface area contributed by atoms with E-state index in [4.69, 9.17) is 0 Å². The number of unbranched alkanes of at least 4 members (excludes halogenated alkanes) is 14. The van der Waals surface area contributed by atoms with Crippen LogP contribution in [-0.4, -0.2) is 15.5 Å². The van der Waals surface area contributed by atoms with Crippen molar-refractivity contribution in [2.45, 2.75) is 110 Å². The molecule has 172 valence electrons. The van der Waals surface area contributed by atoms with Crippen molar-refractivity contribution in [2.75, 3.05) is 5.32 Å². The molecule has 0 aliphatic heterocycles. The van der Waals surface area contributed by atoms with Gasteiger partial charge in [-0.1, -0.05) is 109 Å². The molecular weight excluding hydrogens is 382 g/mol. The largest absolute Gasteiger partial charge is 0.324 e. The summed E-state index contributed by atoms with van der Waals surface area (Å²) in [4.78, 5) is 16.4. The molecule has 1 aromatic heterocycles. The van der Waals surface area contributed by atoms with Crippen molar-refractivity contribution >= 4 is 11.6 Å². The van der Waals surface area contributed by atoms with Crippen molar-refractivity contribution < 1.29 is 4.79 Å². The summed E-state index contributed by atoms with van der Waals surface area (Å²) in [5.74, 6) is 0.0993. The van der Waals surface area contributed by atoms with Crippen molar-refractivity contribution in [1.82, 2.24) is 9.55 Å². The first-order valence-electron chi connectivity index (χ1n) is 12.7. The maximum atomic E-state index is 12.3. The van der Waals surface area contributed by atoms with Gasteiger partial charge in [-0.3, -0.25) is 4.79 Å². The average molecular weight is 426 g/mol. The molecule has 0 atom stereocenters. The number of aromatic nitrogens is 2. The van der Waals surface area contributed by atoms with Crippen LogP contribution in [0.15, 0.2) is 43.0 Å². The van der Waals surface area contributed by atoms with Gasteiger partial charge in [-0.2, -0.15) is 0 Å². The molecule has 1 N–H and O–H groups in total. The fourth-order valence-electron chi connectivity index (χ4n) is 4.08. The summed E-state index contributed by atoms with van der Waals surface area (Å²) in [5, 5.41) is 3.06. The number of carbonyl (C=O) groups excluding carboxylic acids is 1. The highest BCUT2D eigenvalue weighted by molar-refractivity contribution is 5.92. The number of anilines is 1. The zero-order chi connectivity index (χ0) is 22.0. The number of nitrogens with zero attached hydrogens (tertiary/aromatic N) is 2. The normalized spacial score (nSPS) is 11.0. The van der Waals surface area contributed by atoms with Crippen LogP contribution in [0.25, 0.3) is 5.69 Å². The fourth-order valence-corrected chi connectivity index (χ4v) is 4.08. The quantitative estimate of drug-likeness (QED) is 0.245. The lowest BCUT2D eigenvalue weighted by molar-refractivity contribution is -0.116. The van der Waals surface area contributed by atoms with E-state index >= 15 is 0 Å². The van der Waals surface area contributed by atoms with E-state index in [1.165, 1.54) is 83.5 Å². The van der Waals surface area contributed by atoms with Crippen LogP contribution >= 0.6 is 0 Å². The zero-order valence-corrected chi connectivity index (χ0v) is 19.7. The van der Waals surface area contributed by atoms with Gasteiger partial charge >= 0.3 is 0 Å². The maximum absolute atomic E-state index is 12.3. The van der Waals surface area contributed by atoms with Crippen molar-refractivity contribution in [3.05, 3.63) is 43.0 Å². The van der Waals surface area contributed by atoms with Crippen LogP contribution in [0.3, 0.4) is 0 Å². The standard InChI is InChI=1S/C27H43N3O/c1-2-3-4-5-6-7-8-9-10-11-12-13-14-15-16-21-27(31)29-25-19-17-18-20-26(25)30-23-22-28-24-30/h17-20,22-24H,2-16,21H2,1H3,(H,29,31). The van der Waals surface area contributed by atoms with Crippen LogP contribution in [-0.2, 0) is 4.79 Å². The second kappa shape index (κ2) is 16.6. The van der Waals surface area contributed by atoms with Crippen molar-refractivity contribution in [1.29, 1.82) is 0 Å². The first-order valence-corrected chi connectivity index (χ1v) is 12.7. The molecule has 4 nitrogen and oxygen atoms in total. The lowest BCUT2D eigenvalue weighted by Crippen LogP contribution is -2.13. The van der Waals surface area contributed by atoms with E-state index in [0.29, 0.717) is 6.42 Å². The number of hydrogen-bond donors (Lipinski definition) is 1. The molecule has 0 spiro atoms. The second-order valence-electron chi connectivity index (χ2n) is 8.74. The predicted octanol–water partition coefficient (Wildman–Crippen LogP) is 8.07. The Hall–Kier alpha value is -2.10. The predicted molar refractivity (Wildman–Crippen MR) is 132 cm³/mol. The van der Waals surface area contributed by atoms with Gasteiger partial charge in [0.15, 0.2) is 0 Å². The molecule has 0 saturated carbocycles. The molecule has 0 radical (unpaired) electrons. The van der Waals surface area contributed by atoms with Crippen molar-refractivity contribution in [2.24, 2.45) is 0 Å². The van der Waals surface area contributed by atoms with E-state index < -0.39 is 0 Å². The van der Waals surface area contributed by atoms with E-state index in [1.807, 2.05) is 35.0 Å². The summed E-state index contributed by atoms with van der Waals surface area (Å²) in [6.45, 7) is 2.28. The summed E-state index contributed by atoms with van der Waals surface area (Å²) >= 11 is 0. The van der Waals surface area contributed by atoms with E-state index in [1.54, 1.807) is 12.5 Å². The smallest absolute Gasteiger partial charge is 0.224 e. The number of hydrogen-bond acceptors (Lipinski definition) is 2. The molecule has 2 aromatic rings. The summed E-state index contributed by atoms with van der Waals surface area (Å²) in [7, 11) is 0. The van der Waals surface area contributed by atoms with Gasteiger partial charge in [0.25, 0.3) is 0 Å². The molecule has 1 heterocycles. The Balaban J connectivity index is 1.43. The molecule has 31 heavy (non-hydrogen) atoms. The number of imidazole rings is 1. The van der Waals surface area contributed by atoms with Gasteiger partial charge < -0.3 is 9.88 Å². The van der Waals surface area contributed by atoms with Gasteiger partial charge in [0.1, 0.15) is 0 Å². The second-order valence-corrected chi connectivity index (χ2v) is 8.74. The highest BCUT2D eigenvalue weighted by Gasteiger charge is 2.07. The Morgan fingerprint density at radius 3 is 1.90 bits per heavy atom. The van der Waals surface area contributed by atoms with E-state index in [0.717, 1.165) is 24.2 Å². The molecule has 2 rings (SSSR count). The Morgan fingerprint density at radius 2 is 1.35 bits per heavy atom. The van der Waals surface area contributed by atoms with Gasteiger partial charge in [0.05, 0.1) is 17.7 Å². The molecule has 1 aromatic carbocycles. The van der Waals surface area contributed by atoms with Gasteiger partial charge in [0.2, 0.25) is 5.91 Å². The zero-order valence-electron chi connectivity index (χ0n) is 19.7. The van der Waals surface area contributed by atoms with Crippen molar-refractivity contribution in [3.63, 3.8) is 0 Å². The fraction of sp³-hybridized carbons (Fsp3) is 0.630. The minimum Gasteiger partial charge on any atom is -0.324 e. The first kappa shape index (κ1) is 25.2. The van der Waals surface area contributed by atoms with Crippen LogP contribution in [0.5, 0.6) is 0 Å². The summed E-state index contributed by atoms with van der Waals surface area (Å²) in [6, 6.07) is 7.86. The number of rotatable bonds is 18. The minimum atomic E-state index is 0.0993. The van der Waals surface area contributed by atoms with E-state index in [-0.39, 0.29) is 5.91 Å². The van der Waals surface area contributed by atoms with Gasteiger partial charge in [-0.05, 0) is 18.6 Å². The molecule has 0 fully saturated rings. The van der Waals surface area contributed by atoms with Crippen LogP contribution in [0.2, 0.25) is 0 Å². The third-order valence-electron chi connectivity index (χ3n) is 5.97. The third-order valence-corrected chi connectivity index (χ3v) is 5.97. The highest BCUT2D eigenvalue weighted by atomic mass is 16.1.